The van der Waals surface area contributed by atoms with E-state index in [1.165, 1.54) is 27.3 Å². The molecule has 3 aromatic rings. The van der Waals surface area contributed by atoms with E-state index in [4.69, 9.17) is 11.3 Å². The van der Waals surface area contributed by atoms with Crippen LogP contribution in [0.3, 0.4) is 0 Å². The molecule has 8 nitrogen and oxygen atoms in total. The number of carbonyl (C=O) groups excluding carboxylic acids is 2. The first-order valence-corrected chi connectivity index (χ1v) is 17.9. The van der Waals surface area contributed by atoms with Crippen molar-refractivity contribution in [3.05, 3.63) is 55.8 Å². The second-order valence-electron chi connectivity index (χ2n) is 6.50. The molecule has 2 amide bonds. The van der Waals surface area contributed by atoms with Crippen LogP contribution < -0.4 is 36.4 Å². The second kappa shape index (κ2) is 12.0. The van der Waals surface area contributed by atoms with Gasteiger partial charge in [-0.05, 0) is 0 Å². The number of fused-ring (bicyclic) bond motifs is 1. The van der Waals surface area contributed by atoms with Crippen LogP contribution in [0.1, 0.15) is 32.8 Å². The molecule has 0 spiro atoms. The van der Waals surface area contributed by atoms with Crippen molar-refractivity contribution >= 4 is 107 Å². The number of anilines is 1. The van der Waals surface area contributed by atoms with Crippen LogP contribution in [0, 0.1) is 3.57 Å². The molecule has 0 unspecified atom stereocenters. The van der Waals surface area contributed by atoms with Gasteiger partial charge in [0.25, 0.3) is 0 Å². The van der Waals surface area contributed by atoms with Gasteiger partial charge in [-0.3, -0.25) is 0 Å². The zero-order chi connectivity index (χ0) is 25.2. The van der Waals surface area contributed by atoms with E-state index in [0.717, 1.165) is 20.0 Å². The average molecular weight is 922 g/mol. The summed E-state index contributed by atoms with van der Waals surface area (Å²) in [4.78, 5) is 27.7. The Morgan fingerprint density at radius 2 is 1.82 bits per heavy atom. The molecule has 0 aliphatic heterocycles. The fraction of sp³-hybridized carbons (Fsp3) is 0.200. The second-order valence-corrected chi connectivity index (χ2v) is 11.6. The first-order chi connectivity index (χ1) is 16.0. The van der Waals surface area contributed by atoms with Crippen molar-refractivity contribution in [1.82, 2.24) is 0 Å². The normalized spacial score (nSPS) is 12.1. The molecule has 0 bridgehead atoms. The molecule has 1 heterocycles. The molecule has 2 aromatic carbocycles. The van der Waals surface area contributed by atoms with Crippen molar-refractivity contribution in [3.8, 4) is 5.75 Å². The van der Waals surface area contributed by atoms with Crippen LogP contribution in [0.4, 0.5) is 10.5 Å². The Morgan fingerprint density at radius 3 is 2.36 bits per heavy atom. The van der Waals surface area contributed by atoms with Gasteiger partial charge in [-0.25, -0.2) is 0 Å². The molecule has 33 heavy (non-hydrogen) atoms. The van der Waals surface area contributed by atoms with Gasteiger partial charge < -0.3 is 0 Å². The van der Waals surface area contributed by atoms with E-state index < -0.39 is 22.7 Å². The molecule has 0 saturated carbocycles. The van der Waals surface area contributed by atoms with Gasteiger partial charge in [0.15, 0.2) is 0 Å². The summed E-state index contributed by atoms with van der Waals surface area (Å²) in [5, 5.41) is 2.80. The van der Waals surface area contributed by atoms with Crippen LogP contribution >= 0.6 is 67.8 Å². The zero-order valence-electron chi connectivity index (χ0n) is 17.9. The molecule has 0 aliphatic carbocycles. The van der Waals surface area contributed by atoms with E-state index in [9.17, 15) is 18.0 Å². The van der Waals surface area contributed by atoms with Crippen molar-refractivity contribution in [2.24, 2.45) is 5.73 Å². The van der Waals surface area contributed by atoms with E-state index >= 15 is 0 Å². The monoisotopic (exact) mass is 922 g/mol. The van der Waals surface area contributed by atoms with Crippen LogP contribution in [-0.2, 0) is 24.2 Å². The summed E-state index contributed by atoms with van der Waals surface area (Å²) in [6.45, 7) is 0. The Bertz CT molecular complexity index is 1390. The number of benzene rings is 2. The third kappa shape index (κ3) is 5.88. The molecule has 13 heteroatoms. The summed E-state index contributed by atoms with van der Waals surface area (Å²) in [6.07, 6.45) is 0. The van der Waals surface area contributed by atoms with E-state index in [1.807, 2.05) is 6.07 Å². The number of urea groups is 1. The van der Waals surface area contributed by atoms with Gasteiger partial charge in [0, 0.05) is 0 Å². The molecular formula is C20H17I4N2O6S-. The summed E-state index contributed by atoms with van der Waals surface area (Å²) in [7, 11) is -4.51. The zero-order valence-corrected chi connectivity index (χ0v) is 26.3. The van der Waals surface area contributed by atoms with Crippen LogP contribution in [-0.4, -0.2) is 26.3 Å². The number of nitrogens with one attached hydrogen (secondary N) is 1. The summed E-state index contributed by atoms with van der Waals surface area (Å²) in [5.74, 6) is -0.690. The number of alkyl halides is 4. The maximum atomic E-state index is 13.8. The van der Waals surface area contributed by atoms with E-state index in [2.05, 4.69) is 82.2 Å². The van der Waals surface area contributed by atoms with Crippen molar-refractivity contribution in [1.29, 1.82) is 1.12 Å². The standard InChI is InChI=1S/C20H17I4N2O6S/c1-24-15-5-11(12(6-21)13(7-22)14(15)8-23)18(27)19-17(26-20(25)28)10-3-2-9(32-33(29)30)4-16(10)31-19/h2-5,33H,6-8H2,1H3,(H3,25,26,28)/q-1/i33D. The summed E-state index contributed by atoms with van der Waals surface area (Å²) in [5.41, 5.74) is 9.38. The number of halogens is 4. The fourth-order valence-corrected chi connectivity index (χ4v) is 8.80. The van der Waals surface area contributed by atoms with Crippen LogP contribution in [0.5, 0.6) is 5.75 Å². The minimum atomic E-state index is -4.51. The molecule has 0 radical (unpaired) electrons. The third-order valence-electron chi connectivity index (χ3n) is 4.74. The molecule has 3 rings (SSSR count). The van der Waals surface area contributed by atoms with Crippen molar-refractivity contribution in [2.45, 2.75) is 13.3 Å². The number of hydrogen-bond acceptors (Lipinski definition) is 6. The first kappa shape index (κ1) is 25.7. The maximum absolute atomic E-state index is 13.8. The first-order valence-electron chi connectivity index (χ1n) is 9.46. The molecule has 3 N–H and O–H groups in total. The van der Waals surface area contributed by atoms with E-state index in [1.54, 1.807) is 0 Å². The van der Waals surface area contributed by atoms with Gasteiger partial charge >= 0.3 is 247 Å². The quantitative estimate of drug-likeness (QED) is 0.130. The van der Waals surface area contributed by atoms with Gasteiger partial charge in [-0.15, -0.1) is 0 Å². The number of primary amides is 1. The Balaban J connectivity index is 2.26. The molecule has 0 atom stereocenters. The summed E-state index contributed by atoms with van der Waals surface area (Å²) < 4.78 is 43.1. The van der Waals surface area contributed by atoms with E-state index in [-0.39, 0.29) is 44.0 Å². The molecule has 0 fully saturated rings. The fourth-order valence-electron chi connectivity index (χ4n) is 3.36. The number of carbonyl (C=O) groups is 2. The van der Waals surface area contributed by atoms with Crippen LogP contribution in [0.25, 0.3) is 11.0 Å². The Hall–Kier alpha value is -0.410. The number of thiol groups is 1. The Labute approximate surface area is 244 Å². The number of hydrogen-bond donors (Lipinski definition) is 3. The molecule has 0 aliphatic rings. The number of rotatable bonds is 9. The predicted molar refractivity (Wildman–Crippen MR) is 148 cm³/mol. The SMILES string of the molecule is [2H]S(=O)(=O)Oc1ccc2c(NC(N)=O)c(C(=O)c3cc([I-]C)c(CI)c(CI)c3CI)oc2c1. The number of furan rings is 1. The minimum absolute atomic E-state index is 0.0916. The van der Waals surface area contributed by atoms with Gasteiger partial charge in [0.05, 0.1) is 0 Å². The van der Waals surface area contributed by atoms with Gasteiger partial charge in [0.1, 0.15) is 0 Å². The molecule has 1 aromatic heterocycles. The molecule has 178 valence electrons. The molecular weight excluding hydrogens is 904 g/mol. The van der Waals surface area contributed by atoms with Crippen molar-refractivity contribution in [3.63, 3.8) is 0 Å². The predicted octanol–water partition coefficient (Wildman–Crippen LogP) is 1.75. The van der Waals surface area contributed by atoms with Crippen molar-refractivity contribution in [2.75, 3.05) is 10.2 Å². The van der Waals surface area contributed by atoms with Crippen molar-refractivity contribution < 1.29 is 47.8 Å². The molecule has 0 saturated heterocycles. The average Bonchev–Trinajstić information content (AvgIpc) is 3.12. The van der Waals surface area contributed by atoms with Crippen LogP contribution in [0.15, 0.2) is 28.7 Å². The topological polar surface area (TPSA) is 129 Å². The number of ketones is 1. The van der Waals surface area contributed by atoms with Gasteiger partial charge in [-0.2, -0.15) is 0 Å². The summed E-state index contributed by atoms with van der Waals surface area (Å²) in [6, 6.07) is 5.01. The Morgan fingerprint density at radius 1 is 1.15 bits per heavy atom. The number of nitrogens with two attached hydrogens (primary N) is 1. The number of amides is 2. The van der Waals surface area contributed by atoms with Gasteiger partial charge in [0.2, 0.25) is 0 Å². The third-order valence-corrected chi connectivity index (χ3v) is 9.48. The summed E-state index contributed by atoms with van der Waals surface area (Å²) >= 11 is 6.58. The van der Waals surface area contributed by atoms with E-state index in [0.29, 0.717) is 15.4 Å². The van der Waals surface area contributed by atoms with Crippen LogP contribution in [0.2, 0.25) is 0 Å². The Kier molecular flexibility index (Phi) is 9.35. The van der Waals surface area contributed by atoms with Gasteiger partial charge in [-0.1, -0.05) is 0 Å².